The number of Topliss-reactive ketones (excluding diaryl/α,β-unsaturated/α-hetero) is 1. The molecule has 0 amide bonds. The maximum Gasteiger partial charge on any atom is 0.179 e. The minimum absolute atomic E-state index is 0.0281. The molecule has 1 heterocycles. The Balaban J connectivity index is 2.52. The van der Waals surface area contributed by atoms with Crippen molar-refractivity contribution >= 4 is 27.9 Å². The molecule has 1 aliphatic rings. The summed E-state index contributed by atoms with van der Waals surface area (Å²) in [6, 6.07) is 2.67. The number of methoxy groups -OCH3 is 1. The number of nitrogens with zero attached hydrogens (tertiary/aromatic N) is 2. The van der Waals surface area contributed by atoms with Crippen molar-refractivity contribution in [3.05, 3.63) is 29.8 Å². The monoisotopic (exact) mass is 366 g/mol. The van der Waals surface area contributed by atoms with E-state index < -0.39 is 27.8 Å². The molecule has 0 spiro atoms. The summed E-state index contributed by atoms with van der Waals surface area (Å²) in [6.45, 7) is 7.33. The van der Waals surface area contributed by atoms with Gasteiger partial charge in [0.1, 0.15) is 11.7 Å². The number of ether oxygens (including phenoxy) is 1. The van der Waals surface area contributed by atoms with E-state index >= 15 is 0 Å². The molecule has 25 heavy (non-hydrogen) atoms. The van der Waals surface area contributed by atoms with Crippen LogP contribution in [-0.2, 0) is 9.84 Å². The third-order valence-electron chi connectivity index (χ3n) is 4.01. The quantitative estimate of drug-likeness (QED) is 0.768. The molecule has 7 nitrogen and oxygen atoms in total. The molecule has 8 heteroatoms. The van der Waals surface area contributed by atoms with Crippen LogP contribution in [0.2, 0.25) is 0 Å². The van der Waals surface area contributed by atoms with Crippen LogP contribution in [0.5, 0.6) is 5.75 Å². The molecule has 0 aromatic heterocycles. The number of carbonyl (C=O) groups is 1. The fourth-order valence-electron chi connectivity index (χ4n) is 2.79. The number of rotatable bonds is 6. The molecule has 2 rings (SSSR count). The molecule has 0 bridgehead atoms. The maximum absolute atomic E-state index is 12.9. The Hall–Kier alpha value is -2.19. The Morgan fingerprint density at radius 1 is 1.44 bits per heavy atom. The first kappa shape index (κ1) is 19.1. The van der Waals surface area contributed by atoms with Crippen LogP contribution >= 0.6 is 0 Å². The molecule has 136 valence electrons. The van der Waals surface area contributed by atoms with Gasteiger partial charge in [0, 0.05) is 24.1 Å². The fourth-order valence-corrected chi connectivity index (χ4v) is 3.68. The van der Waals surface area contributed by atoms with Crippen LogP contribution in [0, 0.1) is 5.92 Å². The summed E-state index contributed by atoms with van der Waals surface area (Å²) < 4.78 is 29.2. The normalized spacial score (nSPS) is 20.2. The summed E-state index contributed by atoms with van der Waals surface area (Å²) in [5.41, 5.74) is 0.395. The molecule has 1 aromatic rings. The van der Waals surface area contributed by atoms with Crippen molar-refractivity contribution in [1.29, 1.82) is 0 Å². The van der Waals surface area contributed by atoms with Crippen molar-refractivity contribution in [2.45, 2.75) is 31.0 Å². The average molecular weight is 366 g/mol. The molecular formula is C17H22N2O5S. The van der Waals surface area contributed by atoms with Gasteiger partial charge >= 0.3 is 0 Å². The average Bonchev–Trinajstić information content (AvgIpc) is 2.93. The number of ketones is 1. The van der Waals surface area contributed by atoms with E-state index in [4.69, 9.17) is 4.74 Å². The topological polar surface area (TPSA) is 96.3 Å². The molecule has 0 saturated carbocycles. The number of hydrazone groups is 1. The predicted octanol–water partition coefficient (Wildman–Crippen LogP) is 1.57. The molecule has 1 aliphatic heterocycles. The number of sulfone groups is 1. The SMILES string of the molecule is C=Cc1c(S(C)(=O)=O)ccc(C(=O)C2C=NN(C(C)C)C2O)c1OC. The van der Waals surface area contributed by atoms with Crippen LogP contribution in [0.3, 0.4) is 0 Å². The van der Waals surface area contributed by atoms with E-state index in [0.29, 0.717) is 0 Å². The Bertz CT molecular complexity index is 830. The number of aliphatic hydroxyl groups excluding tert-OH is 1. The number of carbonyl (C=O) groups excluding carboxylic acids is 1. The van der Waals surface area contributed by atoms with E-state index in [1.807, 2.05) is 13.8 Å². The Morgan fingerprint density at radius 3 is 2.52 bits per heavy atom. The third-order valence-corrected chi connectivity index (χ3v) is 5.17. The standard InChI is InChI=1S/C17H22N2O5S/c1-6-11-14(25(5,22)23)8-7-12(16(11)24-4)15(20)13-9-18-19(10(2)3)17(13)21/h6-10,13,17,21H,1H2,2-5H3. The van der Waals surface area contributed by atoms with Crippen molar-refractivity contribution in [3.63, 3.8) is 0 Å². The largest absolute Gasteiger partial charge is 0.495 e. The molecule has 0 fully saturated rings. The van der Waals surface area contributed by atoms with E-state index in [-0.39, 0.29) is 27.8 Å². The van der Waals surface area contributed by atoms with Gasteiger partial charge in [-0.25, -0.2) is 8.42 Å². The molecule has 0 saturated heterocycles. The van der Waals surface area contributed by atoms with Gasteiger partial charge in [0.2, 0.25) is 0 Å². The van der Waals surface area contributed by atoms with Crippen LogP contribution in [0.25, 0.3) is 6.08 Å². The highest BCUT2D eigenvalue weighted by molar-refractivity contribution is 7.90. The van der Waals surface area contributed by atoms with Crippen molar-refractivity contribution in [3.8, 4) is 5.75 Å². The first-order valence-electron chi connectivity index (χ1n) is 7.71. The summed E-state index contributed by atoms with van der Waals surface area (Å²) in [5.74, 6) is -1.15. The number of hydrogen-bond acceptors (Lipinski definition) is 7. The first-order valence-corrected chi connectivity index (χ1v) is 9.60. The van der Waals surface area contributed by atoms with Crippen LogP contribution in [0.1, 0.15) is 29.8 Å². The molecule has 0 radical (unpaired) electrons. The molecule has 2 atom stereocenters. The van der Waals surface area contributed by atoms with Crippen molar-refractivity contribution in [2.24, 2.45) is 11.0 Å². The highest BCUT2D eigenvalue weighted by Crippen LogP contribution is 2.34. The summed E-state index contributed by atoms with van der Waals surface area (Å²) in [6.07, 6.45) is 2.72. The number of aliphatic hydroxyl groups is 1. The van der Waals surface area contributed by atoms with Gasteiger partial charge < -0.3 is 9.84 Å². The molecular weight excluding hydrogens is 344 g/mol. The summed E-state index contributed by atoms with van der Waals surface area (Å²) in [5, 5.41) is 15.9. The van der Waals surface area contributed by atoms with Crippen molar-refractivity contribution in [2.75, 3.05) is 13.4 Å². The lowest BCUT2D eigenvalue weighted by Crippen LogP contribution is -2.39. The Labute approximate surface area is 147 Å². The predicted molar refractivity (Wildman–Crippen MR) is 95.5 cm³/mol. The van der Waals surface area contributed by atoms with E-state index in [0.717, 1.165) is 6.26 Å². The zero-order chi connectivity index (χ0) is 18.9. The lowest BCUT2D eigenvalue weighted by Gasteiger charge is -2.26. The Morgan fingerprint density at radius 2 is 2.08 bits per heavy atom. The van der Waals surface area contributed by atoms with Gasteiger partial charge in [0.15, 0.2) is 21.8 Å². The Kier molecular flexibility index (Phi) is 5.34. The molecule has 0 aliphatic carbocycles. The van der Waals surface area contributed by atoms with Gasteiger partial charge in [0.25, 0.3) is 0 Å². The van der Waals surface area contributed by atoms with E-state index in [2.05, 4.69) is 11.7 Å². The minimum atomic E-state index is -3.52. The summed E-state index contributed by atoms with van der Waals surface area (Å²) in [7, 11) is -2.16. The van der Waals surface area contributed by atoms with Gasteiger partial charge in [-0.05, 0) is 26.0 Å². The van der Waals surface area contributed by atoms with Crippen molar-refractivity contribution in [1.82, 2.24) is 5.01 Å². The highest BCUT2D eigenvalue weighted by atomic mass is 32.2. The van der Waals surface area contributed by atoms with Crippen LogP contribution in [0.15, 0.2) is 28.7 Å². The highest BCUT2D eigenvalue weighted by Gasteiger charge is 2.37. The fraction of sp³-hybridized carbons (Fsp3) is 0.412. The van der Waals surface area contributed by atoms with Crippen LogP contribution in [-0.4, -0.2) is 56.2 Å². The van der Waals surface area contributed by atoms with E-state index in [9.17, 15) is 18.3 Å². The summed E-state index contributed by atoms with van der Waals surface area (Å²) in [4.78, 5) is 12.9. The minimum Gasteiger partial charge on any atom is -0.495 e. The second-order valence-corrected chi connectivity index (χ2v) is 8.06. The van der Waals surface area contributed by atoms with Gasteiger partial charge in [-0.2, -0.15) is 5.10 Å². The molecule has 1 N–H and O–H groups in total. The zero-order valence-corrected chi connectivity index (χ0v) is 15.4. The van der Waals surface area contributed by atoms with Gasteiger partial charge in [-0.15, -0.1) is 0 Å². The van der Waals surface area contributed by atoms with E-state index in [1.54, 1.807) is 0 Å². The number of hydrogen-bond donors (Lipinski definition) is 1. The van der Waals surface area contributed by atoms with Gasteiger partial charge in [-0.1, -0.05) is 12.7 Å². The molecule has 1 aromatic carbocycles. The molecule has 2 unspecified atom stereocenters. The second kappa shape index (κ2) is 6.97. The van der Waals surface area contributed by atoms with Crippen LogP contribution < -0.4 is 4.74 Å². The second-order valence-electron chi connectivity index (χ2n) is 6.08. The number of benzene rings is 1. The first-order chi connectivity index (χ1) is 11.6. The van der Waals surface area contributed by atoms with Gasteiger partial charge in [0.05, 0.1) is 17.6 Å². The van der Waals surface area contributed by atoms with Crippen LogP contribution in [0.4, 0.5) is 0 Å². The lowest BCUT2D eigenvalue weighted by molar-refractivity contribution is -0.0161. The third kappa shape index (κ3) is 3.45. The maximum atomic E-state index is 12.9. The summed E-state index contributed by atoms with van der Waals surface area (Å²) >= 11 is 0. The zero-order valence-electron chi connectivity index (χ0n) is 14.6. The van der Waals surface area contributed by atoms with E-state index in [1.165, 1.54) is 36.5 Å². The van der Waals surface area contributed by atoms with Crippen molar-refractivity contribution < 1.29 is 23.1 Å². The van der Waals surface area contributed by atoms with Gasteiger partial charge in [-0.3, -0.25) is 9.80 Å². The smallest absolute Gasteiger partial charge is 0.179 e. The lowest BCUT2D eigenvalue weighted by atomic mass is 9.94.